The molecular weight excluding hydrogens is 360 g/mol. The van der Waals surface area contributed by atoms with E-state index < -0.39 is 0 Å². The number of benzene rings is 3. The van der Waals surface area contributed by atoms with Gasteiger partial charge in [0.15, 0.2) is 0 Å². The summed E-state index contributed by atoms with van der Waals surface area (Å²) >= 11 is 0. The van der Waals surface area contributed by atoms with Gasteiger partial charge in [0, 0.05) is 17.5 Å². The first kappa shape index (κ1) is 19.5. The molecule has 0 spiro atoms. The summed E-state index contributed by atoms with van der Waals surface area (Å²) in [6.07, 6.45) is 3.93. The van der Waals surface area contributed by atoms with Crippen LogP contribution in [-0.4, -0.2) is 37.0 Å². The minimum Gasteiger partial charge on any atom is -0.491 e. The third-order valence-electron chi connectivity index (χ3n) is 5.47. The lowest BCUT2D eigenvalue weighted by molar-refractivity contribution is 0.0947. The van der Waals surface area contributed by atoms with Crippen LogP contribution < -0.4 is 10.1 Å². The van der Waals surface area contributed by atoms with Crippen LogP contribution in [0.4, 0.5) is 0 Å². The molecule has 4 heteroatoms. The first-order valence-corrected chi connectivity index (χ1v) is 10.5. The van der Waals surface area contributed by atoms with Gasteiger partial charge in [0.05, 0.1) is 6.54 Å². The monoisotopic (exact) mass is 388 g/mol. The van der Waals surface area contributed by atoms with Gasteiger partial charge in [-0.1, -0.05) is 55.0 Å². The number of carbonyl (C=O) groups is 1. The summed E-state index contributed by atoms with van der Waals surface area (Å²) in [6, 6.07) is 22.1. The van der Waals surface area contributed by atoms with Gasteiger partial charge in [0.2, 0.25) is 0 Å². The van der Waals surface area contributed by atoms with Crippen LogP contribution in [0.5, 0.6) is 5.75 Å². The highest BCUT2D eigenvalue weighted by Crippen LogP contribution is 2.24. The number of carbonyl (C=O) groups excluding carboxylic acids is 1. The van der Waals surface area contributed by atoms with Crippen LogP contribution in [0.25, 0.3) is 10.8 Å². The zero-order chi connectivity index (χ0) is 19.9. The van der Waals surface area contributed by atoms with Crippen LogP contribution >= 0.6 is 0 Å². The minimum atomic E-state index is -0.0592. The summed E-state index contributed by atoms with van der Waals surface area (Å²) in [5.41, 5.74) is 1.96. The molecule has 1 amide bonds. The van der Waals surface area contributed by atoms with E-state index in [4.69, 9.17) is 4.74 Å². The van der Waals surface area contributed by atoms with Crippen molar-refractivity contribution in [3.05, 3.63) is 77.9 Å². The van der Waals surface area contributed by atoms with Crippen molar-refractivity contribution in [2.24, 2.45) is 0 Å². The smallest absolute Gasteiger partial charge is 0.251 e. The number of likely N-dealkylation sites (tertiary alicyclic amines) is 1. The summed E-state index contributed by atoms with van der Waals surface area (Å²) in [6.45, 7) is 4.24. The maximum Gasteiger partial charge on any atom is 0.251 e. The second kappa shape index (κ2) is 9.57. The molecule has 0 aliphatic carbocycles. The predicted molar refractivity (Wildman–Crippen MR) is 117 cm³/mol. The quantitative estimate of drug-likeness (QED) is 0.600. The Balaban J connectivity index is 1.25. The fourth-order valence-electron chi connectivity index (χ4n) is 3.89. The van der Waals surface area contributed by atoms with Crippen LogP contribution in [0.2, 0.25) is 0 Å². The van der Waals surface area contributed by atoms with E-state index in [-0.39, 0.29) is 5.91 Å². The SMILES string of the molecule is O=C(NCCOc1cccc2ccccc12)c1ccc(CN2CCCCC2)cc1. The number of hydrogen-bond donors (Lipinski definition) is 1. The molecule has 1 aliphatic rings. The number of nitrogens with one attached hydrogen (secondary N) is 1. The Morgan fingerprint density at radius 3 is 2.48 bits per heavy atom. The molecule has 0 aromatic heterocycles. The van der Waals surface area contributed by atoms with Crippen molar-refractivity contribution in [3.63, 3.8) is 0 Å². The Labute approximate surface area is 172 Å². The first-order valence-electron chi connectivity index (χ1n) is 10.5. The maximum atomic E-state index is 12.4. The molecule has 0 atom stereocenters. The lowest BCUT2D eigenvalue weighted by Gasteiger charge is -2.26. The van der Waals surface area contributed by atoms with Crippen LogP contribution in [0.1, 0.15) is 35.2 Å². The molecule has 3 aromatic rings. The lowest BCUT2D eigenvalue weighted by Crippen LogP contribution is -2.29. The molecule has 29 heavy (non-hydrogen) atoms. The van der Waals surface area contributed by atoms with Crippen LogP contribution in [0.3, 0.4) is 0 Å². The van der Waals surface area contributed by atoms with Crippen molar-refractivity contribution in [1.29, 1.82) is 0 Å². The van der Waals surface area contributed by atoms with Gasteiger partial charge in [-0.3, -0.25) is 9.69 Å². The molecule has 0 saturated carbocycles. The van der Waals surface area contributed by atoms with Gasteiger partial charge in [-0.25, -0.2) is 0 Å². The Morgan fingerprint density at radius 2 is 1.66 bits per heavy atom. The van der Waals surface area contributed by atoms with Crippen LogP contribution in [0.15, 0.2) is 66.7 Å². The van der Waals surface area contributed by atoms with E-state index in [1.807, 2.05) is 36.4 Å². The highest BCUT2D eigenvalue weighted by atomic mass is 16.5. The number of rotatable bonds is 7. The number of hydrogen-bond acceptors (Lipinski definition) is 3. The van der Waals surface area contributed by atoms with Gasteiger partial charge in [-0.15, -0.1) is 0 Å². The van der Waals surface area contributed by atoms with E-state index in [2.05, 4.69) is 40.5 Å². The molecule has 1 aliphatic heterocycles. The molecule has 4 rings (SSSR count). The maximum absolute atomic E-state index is 12.4. The van der Waals surface area contributed by atoms with E-state index >= 15 is 0 Å². The van der Waals surface area contributed by atoms with Crippen molar-refractivity contribution in [1.82, 2.24) is 10.2 Å². The summed E-state index contributed by atoms with van der Waals surface area (Å²) in [4.78, 5) is 14.9. The normalized spacial score (nSPS) is 14.6. The standard InChI is InChI=1S/C25H28N2O2/c28-25(22-13-11-20(12-14-22)19-27-16-4-1-5-17-27)26-15-18-29-24-10-6-8-21-7-2-3-9-23(21)24/h2-3,6-14H,1,4-5,15-19H2,(H,26,28). The third kappa shape index (κ3) is 5.15. The van der Waals surface area contributed by atoms with Crippen molar-refractivity contribution < 1.29 is 9.53 Å². The van der Waals surface area contributed by atoms with Gasteiger partial charge in [0.25, 0.3) is 5.91 Å². The number of amides is 1. The Kier molecular flexibility index (Phi) is 6.42. The second-order valence-corrected chi connectivity index (χ2v) is 7.62. The van der Waals surface area contributed by atoms with Crippen LogP contribution in [-0.2, 0) is 6.54 Å². The first-order chi connectivity index (χ1) is 14.3. The Hall–Kier alpha value is -2.85. The van der Waals surface area contributed by atoms with E-state index in [1.54, 1.807) is 0 Å². The van der Waals surface area contributed by atoms with Crippen molar-refractivity contribution in [2.75, 3.05) is 26.2 Å². The molecule has 1 N–H and O–H groups in total. The zero-order valence-electron chi connectivity index (χ0n) is 16.8. The average Bonchev–Trinajstić information content (AvgIpc) is 2.78. The van der Waals surface area contributed by atoms with Gasteiger partial charge in [-0.2, -0.15) is 0 Å². The average molecular weight is 389 g/mol. The number of fused-ring (bicyclic) bond motifs is 1. The molecule has 1 saturated heterocycles. The van der Waals surface area contributed by atoms with E-state index in [0.717, 1.165) is 23.1 Å². The minimum absolute atomic E-state index is 0.0592. The van der Waals surface area contributed by atoms with Crippen molar-refractivity contribution in [3.8, 4) is 5.75 Å². The van der Waals surface area contributed by atoms with E-state index in [0.29, 0.717) is 18.7 Å². The number of ether oxygens (including phenoxy) is 1. The molecule has 1 heterocycles. The summed E-state index contributed by atoms with van der Waals surface area (Å²) in [5, 5.41) is 5.18. The van der Waals surface area contributed by atoms with Gasteiger partial charge >= 0.3 is 0 Å². The van der Waals surface area contributed by atoms with Gasteiger partial charge in [-0.05, 0) is 55.1 Å². The summed E-state index contributed by atoms with van der Waals surface area (Å²) in [7, 11) is 0. The highest BCUT2D eigenvalue weighted by molar-refractivity contribution is 5.94. The summed E-state index contributed by atoms with van der Waals surface area (Å²) in [5.74, 6) is 0.787. The molecule has 3 aromatic carbocycles. The fraction of sp³-hybridized carbons (Fsp3) is 0.320. The second-order valence-electron chi connectivity index (χ2n) is 7.62. The van der Waals surface area contributed by atoms with Crippen molar-refractivity contribution >= 4 is 16.7 Å². The summed E-state index contributed by atoms with van der Waals surface area (Å²) < 4.78 is 5.89. The van der Waals surface area contributed by atoms with Gasteiger partial charge < -0.3 is 10.1 Å². The topological polar surface area (TPSA) is 41.6 Å². The van der Waals surface area contributed by atoms with E-state index in [1.165, 1.54) is 37.9 Å². The lowest BCUT2D eigenvalue weighted by atomic mass is 10.1. The highest BCUT2D eigenvalue weighted by Gasteiger charge is 2.11. The Bertz CT molecular complexity index is 941. The molecule has 1 fully saturated rings. The van der Waals surface area contributed by atoms with Crippen molar-refractivity contribution in [2.45, 2.75) is 25.8 Å². The molecule has 4 nitrogen and oxygen atoms in total. The molecule has 0 bridgehead atoms. The van der Waals surface area contributed by atoms with Crippen LogP contribution in [0, 0.1) is 0 Å². The number of nitrogens with zero attached hydrogens (tertiary/aromatic N) is 1. The molecule has 0 unspecified atom stereocenters. The zero-order valence-corrected chi connectivity index (χ0v) is 16.8. The van der Waals surface area contributed by atoms with Gasteiger partial charge in [0.1, 0.15) is 12.4 Å². The Morgan fingerprint density at radius 1 is 0.897 bits per heavy atom. The molecule has 0 radical (unpaired) electrons. The molecular formula is C25H28N2O2. The van der Waals surface area contributed by atoms with E-state index in [9.17, 15) is 4.79 Å². The predicted octanol–water partition coefficient (Wildman–Crippen LogP) is 4.63. The largest absolute Gasteiger partial charge is 0.491 e. The number of piperidine rings is 1. The molecule has 150 valence electrons. The third-order valence-corrected chi connectivity index (χ3v) is 5.47. The fourth-order valence-corrected chi connectivity index (χ4v) is 3.89.